The second kappa shape index (κ2) is 8.15. The smallest absolute Gasteiger partial charge is 0.306 e. The molecule has 0 radical (unpaired) electrons. The van der Waals surface area contributed by atoms with Crippen LogP contribution < -0.4 is 10.6 Å². The van der Waals surface area contributed by atoms with Crippen LogP contribution in [0.2, 0.25) is 0 Å². The molecule has 1 rings (SSSR count). The zero-order chi connectivity index (χ0) is 14.3. The summed E-state index contributed by atoms with van der Waals surface area (Å²) >= 11 is 0. The SMILES string of the molecule is CC(CCCC(C)C(=O)O)NCC(=O)NCC1CC1. The van der Waals surface area contributed by atoms with Crippen LogP contribution in [0.5, 0.6) is 0 Å². The molecule has 0 aromatic carbocycles. The molecule has 0 aliphatic heterocycles. The summed E-state index contributed by atoms with van der Waals surface area (Å²) in [5.74, 6) is -0.259. The molecule has 0 aromatic heterocycles. The van der Waals surface area contributed by atoms with Crippen molar-refractivity contribution in [3.05, 3.63) is 0 Å². The molecule has 1 aliphatic carbocycles. The molecule has 1 aliphatic rings. The van der Waals surface area contributed by atoms with E-state index in [1.165, 1.54) is 12.8 Å². The molecule has 2 unspecified atom stereocenters. The van der Waals surface area contributed by atoms with E-state index in [2.05, 4.69) is 10.6 Å². The zero-order valence-electron chi connectivity index (χ0n) is 11.9. The number of carboxylic acids is 1. The molecule has 1 amide bonds. The number of carbonyl (C=O) groups excluding carboxylic acids is 1. The quantitative estimate of drug-likeness (QED) is 0.560. The van der Waals surface area contributed by atoms with Crippen molar-refractivity contribution in [2.24, 2.45) is 11.8 Å². The first-order valence-corrected chi connectivity index (χ1v) is 7.22. The Morgan fingerprint density at radius 1 is 1.26 bits per heavy atom. The van der Waals surface area contributed by atoms with E-state index in [1.807, 2.05) is 6.92 Å². The minimum atomic E-state index is -0.736. The molecule has 0 aromatic rings. The van der Waals surface area contributed by atoms with Gasteiger partial charge >= 0.3 is 5.97 Å². The summed E-state index contributed by atoms with van der Waals surface area (Å²) in [7, 11) is 0. The molecule has 1 fully saturated rings. The molecule has 0 spiro atoms. The van der Waals surface area contributed by atoms with Gasteiger partial charge in [-0.15, -0.1) is 0 Å². The van der Waals surface area contributed by atoms with Gasteiger partial charge in [0, 0.05) is 12.6 Å². The van der Waals surface area contributed by atoms with Gasteiger partial charge in [0.05, 0.1) is 12.5 Å². The van der Waals surface area contributed by atoms with E-state index in [9.17, 15) is 9.59 Å². The third-order valence-corrected chi connectivity index (χ3v) is 3.59. The second-order valence-corrected chi connectivity index (χ2v) is 5.70. The van der Waals surface area contributed by atoms with Crippen molar-refractivity contribution in [2.45, 2.75) is 52.0 Å². The number of hydrogen-bond acceptors (Lipinski definition) is 3. The van der Waals surface area contributed by atoms with Crippen LogP contribution >= 0.6 is 0 Å². The van der Waals surface area contributed by atoms with Crippen LogP contribution in [0, 0.1) is 11.8 Å². The van der Waals surface area contributed by atoms with E-state index in [1.54, 1.807) is 6.92 Å². The lowest BCUT2D eigenvalue weighted by molar-refractivity contribution is -0.141. The van der Waals surface area contributed by atoms with E-state index < -0.39 is 5.97 Å². The lowest BCUT2D eigenvalue weighted by Gasteiger charge is -2.14. The summed E-state index contributed by atoms with van der Waals surface area (Å²) in [6, 6.07) is 0.243. The first-order valence-electron chi connectivity index (χ1n) is 7.22. The predicted molar refractivity (Wildman–Crippen MR) is 73.8 cm³/mol. The summed E-state index contributed by atoms with van der Waals surface area (Å²) in [5, 5.41) is 14.8. The van der Waals surface area contributed by atoms with Crippen molar-refractivity contribution in [3.8, 4) is 0 Å². The van der Waals surface area contributed by atoms with E-state index in [0.29, 0.717) is 18.9 Å². The largest absolute Gasteiger partial charge is 0.481 e. The maximum absolute atomic E-state index is 11.5. The van der Waals surface area contributed by atoms with Crippen molar-refractivity contribution in [3.63, 3.8) is 0 Å². The molecule has 5 nitrogen and oxygen atoms in total. The fourth-order valence-electron chi connectivity index (χ4n) is 1.87. The lowest BCUT2D eigenvalue weighted by Crippen LogP contribution is -2.38. The van der Waals surface area contributed by atoms with Gasteiger partial charge in [-0.25, -0.2) is 0 Å². The van der Waals surface area contributed by atoms with Crippen LogP contribution in [0.15, 0.2) is 0 Å². The number of carboxylic acid groups (broad SMARTS) is 1. The maximum atomic E-state index is 11.5. The number of nitrogens with one attached hydrogen (secondary N) is 2. The van der Waals surface area contributed by atoms with E-state index >= 15 is 0 Å². The fourth-order valence-corrected chi connectivity index (χ4v) is 1.87. The highest BCUT2D eigenvalue weighted by atomic mass is 16.4. The van der Waals surface area contributed by atoms with Gasteiger partial charge in [-0.3, -0.25) is 9.59 Å². The molecule has 110 valence electrons. The van der Waals surface area contributed by atoms with Crippen molar-refractivity contribution < 1.29 is 14.7 Å². The Morgan fingerprint density at radius 3 is 2.53 bits per heavy atom. The third-order valence-electron chi connectivity index (χ3n) is 3.59. The Bertz CT molecular complexity index is 303. The Hall–Kier alpha value is -1.10. The number of hydrogen-bond donors (Lipinski definition) is 3. The molecular weight excluding hydrogens is 244 g/mol. The van der Waals surface area contributed by atoms with Gasteiger partial charge in [0.2, 0.25) is 5.91 Å². The van der Waals surface area contributed by atoms with Gasteiger partial charge in [-0.05, 0) is 38.5 Å². The highest BCUT2D eigenvalue weighted by Gasteiger charge is 2.21. The molecular formula is C14H26N2O3. The minimum Gasteiger partial charge on any atom is -0.481 e. The van der Waals surface area contributed by atoms with E-state index in [0.717, 1.165) is 19.4 Å². The topological polar surface area (TPSA) is 78.4 Å². The summed E-state index contributed by atoms with van der Waals surface area (Å²) in [6.07, 6.45) is 4.94. The first kappa shape index (κ1) is 16.0. The van der Waals surface area contributed by atoms with E-state index in [4.69, 9.17) is 5.11 Å². The average Bonchev–Trinajstić information content (AvgIpc) is 3.17. The summed E-state index contributed by atoms with van der Waals surface area (Å²) < 4.78 is 0. The molecule has 5 heteroatoms. The average molecular weight is 270 g/mol. The molecule has 19 heavy (non-hydrogen) atoms. The van der Waals surface area contributed by atoms with Crippen molar-refractivity contribution in [1.82, 2.24) is 10.6 Å². The third kappa shape index (κ3) is 7.82. The Labute approximate surface area is 115 Å². The van der Waals surface area contributed by atoms with Crippen molar-refractivity contribution >= 4 is 11.9 Å². The Kier molecular flexibility index (Phi) is 6.84. The van der Waals surface area contributed by atoms with Crippen molar-refractivity contribution in [1.29, 1.82) is 0 Å². The molecule has 2 atom stereocenters. The van der Waals surface area contributed by atoms with Crippen LogP contribution in [0.1, 0.15) is 46.0 Å². The summed E-state index contributed by atoms with van der Waals surface area (Å²) in [4.78, 5) is 22.2. The number of amides is 1. The fraction of sp³-hybridized carbons (Fsp3) is 0.857. The van der Waals surface area contributed by atoms with Gasteiger partial charge < -0.3 is 15.7 Å². The summed E-state index contributed by atoms with van der Waals surface area (Å²) in [5.41, 5.74) is 0. The molecule has 0 saturated heterocycles. The van der Waals surface area contributed by atoms with Crippen LogP contribution in [0.3, 0.4) is 0 Å². The van der Waals surface area contributed by atoms with E-state index in [-0.39, 0.29) is 17.9 Å². The zero-order valence-corrected chi connectivity index (χ0v) is 11.9. The molecule has 0 heterocycles. The van der Waals surface area contributed by atoms with Gasteiger partial charge in [0.25, 0.3) is 0 Å². The predicted octanol–water partition coefficient (Wildman–Crippen LogP) is 1.38. The number of rotatable bonds is 10. The standard InChI is InChI=1S/C14H26N2O3/c1-10(14(18)19)4-3-5-11(2)15-9-13(17)16-8-12-6-7-12/h10-12,15H,3-9H2,1-2H3,(H,16,17)(H,18,19). The number of aliphatic carboxylic acids is 1. The van der Waals surface area contributed by atoms with Crippen LogP contribution in [-0.2, 0) is 9.59 Å². The highest BCUT2D eigenvalue weighted by Crippen LogP contribution is 2.27. The molecule has 0 bridgehead atoms. The monoisotopic (exact) mass is 270 g/mol. The number of carbonyl (C=O) groups is 2. The second-order valence-electron chi connectivity index (χ2n) is 5.70. The minimum absolute atomic E-state index is 0.0534. The van der Waals surface area contributed by atoms with Gasteiger partial charge in [-0.1, -0.05) is 13.3 Å². The Balaban J connectivity index is 1.98. The lowest BCUT2D eigenvalue weighted by atomic mass is 10.0. The van der Waals surface area contributed by atoms with Crippen LogP contribution in [-0.4, -0.2) is 36.1 Å². The first-order chi connectivity index (χ1) is 8.99. The van der Waals surface area contributed by atoms with Crippen LogP contribution in [0.4, 0.5) is 0 Å². The molecule has 1 saturated carbocycles. The van der Waals surface area contributed by atoms with Crippen molar-refractivity contribution in [2.75, 3.05) is 13.1 Å². The van der Waals surface area contributed by atoms with Crippen LogP contribution in [0.25, 0.3) is 0 Å². The van der Waals surface area contributed by atoms with Gasteiger partial charge in [0.15, 0.2) is 0 Å². The Morgan fingerprint density at radius 2 is 1.95 bits per heavy atom. The summed E-state index contributed by atoms with van der Waals surface area (Å²) in [6.45, 7) is 4.92. The maximum Gasteiger partial charge on any atom is 0.306 e. The van der Waals surface area contributed by atoms with Gasteiger partial charge in [-0.2, -0.15) is 0 Å². The molecule has 3 N–H and O–H groups in total. The highest BCUT2D eigenvalue weighted by molar-refractivity contribution is 5.78. The van der Waals surface area contributed by atoms with Gasteiger partial charge in [0.1, 0.15) is 0 Å². The normalized spacial score (nSPS) is 17.8.